The van der Waals surface area contributed by atoms with Gasteiger partial charge in [-0.1, -0.05) is 37.5 Å². The van der Waals surface area contributed by atoms with Crippen molar-refractivity contribution in [1.82, 2.24) is 4.98 Å². The Labute approximate surface area is 140 Å². The van der Waals surface area contributed by atoms with Gasteiger partial charge in [0.2, 0.25) is 0 Å². The Hall–Kier alpha value is -2.08. The number of nitrogens with zero attached hydrogens (tertiary/aromatic N) is 1. The van der Waals surface area contributed by atoms with Gasteiger partial charge in [0.05, 0.1) is 12.3 Å². The molecule has 0 saturated carbocycles. The monoisotopic (exact) mass is 334 g/mol. The predicted octanol–water partition coefficient (Wildman–Crippen LogP) is 4.85. The molecule has 5 nitrogen and oxygen atoms in total. The molecule has 0 bridgehead atoms. The summed E-state index contributed by atoms with van der Waals surface area (Å²) in [6, 6.07) is 7.61. The molecule has 6 heteroatoms. The molecule has 2 N–H and O–H groups in total. The predicted molar refractivity (Wildman–Crippen MR) is 93.2 cm³/mol. The maximum atomic E-state index is 11.0. The van der Waals surface area contributed by atoms with Crippen LogP contribution < -0.4 is 10.1 Å². The van der Waals surface area contributed by atoms with Gasteiger partial charge < -0.3 is 15.2 Å². The molecule has 0 aliphatic rings. The van der Waals surface area contributed by atoms with E-state index >= 15 is 0 Å². The number of benzene rings is 1. The van der Waals surface area contributed by atoms with Crippen molar-refractivity contribution in [2.75, 3.05) is 11.9 Å². The van der Waals surface area contributed by atoms with Crippen molar-refractivity contribution < 1.29 is 14.6 Å². The smallest absolute Gasteiger partial charge is 0.347 e. The largest absolute Gasteiger partial charge is 0.494 e. The molecule has 2 aromatic rings. The van der Waals surface area contributed by atoms with Crippen LogP contribution in [0.15, 0.2) is 24.3 Å². The standard InChI is InChI=1S/C17H22N2O3S/c1-3-4-5-6-11-22-14-9-7-13(8-10-14)19-17-18-12(2)15(23-17)16(20)21/h7-10H,3-6,11H2,1-2H3,(H,18,19)(H,20,21). The molecular weight excluding hydrogens is 312 g/mol. The number of carboxylic acids is 1. The van der Waals surface area contributed by atoms with E-state index < -0.39 is 5.97 Å². The third-order valence-corrected chi connectivity index (χ3v) is 4.42. The van der Waals surface area contributed by atoms with Gasteiger partial charge in [0.15, 0.2) is 5.13 Å². The van der Waals surface area contributed by atoms with Crippen LogP contribution in [0.25, 0.3) is 0 Å². The van der Waals surface area contributed by atoms with Crippen LogP contribution in [0.5, 0.6) is 5.75 Å². The molecule has 0 saturated heterocycles. The van der Waals surface area contributed by atoms with Gasteiger partial charge >= 0.3 is 5.97 Å². The molecule has 0 aliphatic carbocycles. The number of anilines is 2. The maximum absolute atomic E-state index is 11.0. The number of rotatable bonds is 9. The van der Waals surface area contributed by atoms with Crippen molar-refractivity contribution in [3.8, 4) is 5.75 Å². The number of carboxylic acid groups (broad SMARTS) is 1. The van der Waals surface area contributed by atoms with Crippen LogP contribution in [0, 0.1) is 6.92 Å². The van der Waals surface area contributed by atoms with E-state index in [2.05, 4.69) is 17.2 Å². The van der Waals surface area contributed by atoms with Gasteiger partial charge in [-0.2, -0.15) is 0 Å². The Morgan fingerprint density at radius 1 is 1.26 bits per heavy atom. The van der Waals surface area contributed by atoms with Gasteiger partial charge in [-0.15, -0.1) is 0 Å². The Kier molecular flexibility index (Phi) is 6.40. The van der Waals surface area contributed by atoms with E-state index in [0.29, 0.717) is 10.8 Å². The number of thiazole rings is 1. The average Bonchev–Trinajstić information content (AvgIpc) is 2.89. The summed E-state index contributed by atoms with van der Waals surface area (Å²) >= 11 is 1.14. The fraction of sp³-hybridized carbons (Fsp3) is 0.412. The van der Waals surface area contributed by atoms with Crippen molar-refractivity contribution in [1.29, 1.82) is 0 Å². The topological polar surface area (TPSA) is 71.5 Å². The first-order valence-corrected chi connectivity index (χ1v) is 8.62. The van der Waals surface area contributed by atoms with Crippen LogP contribution in [0.3, 0.4) is 0 Å². The van der Waals surface area contributed by atoms with Crippen molar-refractivity contribution in [3.63, 3.8) is 0 Å². The number of carbonyl (C=O) groups is 1. The third kappa shape index (κ3) is 5.25. The molecule has 2 rings (SSSR count). The zero-order valence-electron chi connectivity index (χ0n) is 13.5. The SMILES string of the molecule is CCCCCCOc1ccc(Nc2nc(C)c(C(=O)O)s2)cc1. The second-order valence-corrected chi connectivity index (χ2v) is 6.30. The molecule has 23 heavy (non-hydrogen) atoms. The normalized spacial score (nSPS) is 10.5. The number of aryl methyl sites for hydroxylation is 1. The van der Waals surface area contributed by atoms with Crippen molar-refractivity contribution in [3.05, 3.63) is 34.8 Å². The highest BCUT2D eigenvalue weighted by Gasteiger charge is 2.13. The van der Waals surface area contributed by atoms with Crippen LogP contribution in [-0.4, -0.2) is 22.7 Å². The molecule has 0 amide bonds. The number of nitrogens with one attached hydrogen (secondary N) is 1. The van der Waals surface area contributed by atoms with E-state index in [-0.39, 0.29) is 4.88 Å². The Morgan fingerprint density at radius 3 is 2.61 bits per heavy atom. The molecule has 0 radical (unpaired) electrons. The van der Waals surface area contributed by atoms with Gasteiger partial charge in [-0.3, -0.25) is 0 Å². The molecule has 0 spiro atoms. The number of hydrogen-bond acceptors (Lipinski definition) is 5. The number of ether oxygens (including phenoxy) is 1. The maximum Gasteiger partial charge on any atom is 0.347 e. The van der Waals surface area contributed by atoms with E-state index in [0.717, 1.165) is 35.8 Å². The van der Waals surface area contributed by atoms with Gasteiger partial charge in [0.25, 0.3) is 0 Å². The summed E-state index contributed by atoms with van der Waals surface area (Å²) in [6.07, 6.45) is 4.74. The van der Waals surface area contributed by atoms with Crippen LogP contribution in [-0.2, 0) is 0 Å². The molecule has 1 aromatic carbocycles. The zero-order chi connectivity index (χ0) is 16.7. The minimum Gasteiger partial charge on any atom is -0.494 e. The van der Waals surface area contributed by atoms with Crippen LogP contribution >= 0.6 is 11.3 Å². The fourth-order valence-electron chi connectivity index (χ4n) is 2.13. The molecular formula is C17H22N2O3S. The molecule has 1 aromatic heterocycles. The molecule has 124 valence electrons. The first-order valence-electron chi connectivity index (χ1n) is 7.80. The fourth-order valence-corrected chi connectivity index (χ4v) is 2.95. The summed E-state index contributed by atoms with van der Waals surface area (Å²) in [5.74, 6) is -0.103. The summed E-state index contributed by atoms with van der Waals surface area (Å²) in [4.78, 5) is 15.5. The van der Waals surface area contributed by atoms with Gasteiger partial charge in [-0.05, 0) is 37.6 Å². The minimum absolute atomic E-state index is 0.263. The lowest BCUT2D eigenvalue weighted by Gasteiger charge is -2.07. The van der Waals surface area contributed by atoms with Crippen LogP contribution in [0.1, 0.15) is 48.0 Å². The van der Waals surface area contributed by atoms with Crippen molar-refractivity contribution >= 4 is 28.1 Å². The first kappa shape index (κ1) is 17.3. The highest BCUT2D eigenvalue weighted by Crippen LogP contribution is 2.26. The molecule has 1 heterocycles. The summed E-state index contributed by atoms with van der Waals surface area (Å²) in [5, 5.41) is 12.7. The zero-order valence-corrected chi connectivity index (χ0v) is 14.3. The number of unbranched alkanes of at least 4 members (excludes halogenated alkanes) is 3. The summed E-state index contributed by atoms with van der Waals surface area (Å²) < 4.78 is 5.69. The number of hydrogen-bond donors (Lipinski definition) is 2. The van der Waals surface area contributed by atoms with E-state index in [1.54, 1.807) is 6.92 Å². The van der Waals surface area contributed by atoms with Crippen molar-refractivity contribution in [2.45, 2.75) is 39.5 Å². The second-order valence-electron chi connectivity index (χ2n) is 5.30. The lowest BCUT2D eigenvalue weighted by atomic mass is 10.2. The Balaban J connectivity index is 1.87. The Bertz CT molecular complexity index is 638. The quantitative estimate of drug-likeness (QED) is 0.641. The number of aromatic carboxylic acids is 1. The van der Waals surface area contributed by atoms with E-state index in [1.807, 2.05) is 24.3 Å². The minimum atomic E-state index is -0.945. The lowest BCUT2D eigenvalue weighted by Crippen LogP contribution is -1.97. The molecule has 0 unspecified atom stereocenters. The summed E-state index contributed by atoms with van der Waals surface area (Å²) in [6.45, 7) is 4.62. The highest BCUT2D eigenvalue weighted by molar-refractivity contribution is 7.17. The molecule has 0 fully saturated rings. The van der Waals surface area contributed by atoms with E-state index in [1.165, 1.54) is 19.3 Å². The van der Waals surface area contributed by atoms with E-state index in [9.17, 15) is 4.79 Å². The van der Waals surface area contributed by atoms with E-state index in [4.69, 9.17) is 9.84 Å². The summed E-state index contributed by atoms with van der Waals surface area (Å²) in [7, 11) is 0. The van der Waals surface area contributed by atoms with Crippen LogP contribution in [0.4, 0.5) is 10.8 Å². The second kappa shape index (κ2) is 8.53. The van der Waals surface area contributed by atoms with Crippen LogP contribution in [0.2, 0.25) is 0 Å². The lowest BCUT2D eigenvalue weighted by molar-refractivity contribution is 0.0701. The van der Waals surface area contributed by atoms with Gasteiger partial charge in [-0.25, -0.2) is 9.78 Å². The molecule has 0 aliphatic heterocycles. The Morgan fingerprint density at radius 2 is 2.00 bits per heavy atom. The van der Waals surface area contributed by atoms with Gasteiger partial charge in [0.1, 0.15) is 10.6 Å². The summed E-state index contributed by atoms with van der Waals surface area (Å²) in [5.41, 5.74) is 1.38. The van der Waals surface area contributed by atoms with Crippen molar-refractivity contribution in [2.24, 2.45) is 0 Å². The third-order valence-electron chi connectivity index (χ3n) is 3.36. The number of aromatic nitrogens is 1. The first-order chi connectivity index (χ1) is 11.1. The molecule has 0 atom stereocenters. The van der Waals surface area contributed by atoms with Gasteiger partial charge in [0, 0.05) is 5.69 Å². The average molecular weight is 334 g/mol. The highest BCUT2D eigenvalue weighted by atomic mass is 32.1.